The lowest BCUT2D eigenvalue weighted by Crippen LogP contribution is -2.65. The molecule has 2 aromatic heterocycles. The highest BCUT2D eigenvalue weighted by Crippen LogP contribution is 2.40. The van der Waals surface area contributed by atoms with Gasteiger partial charge in [0.2, 0.25) is 5.60 Å². The maximum atomic E-state index is 13.4. The smallest absolute Gasteiger partial charge is 0.349 e. The zero-order chi connectivity index (χ0) is 23.6. The van der Waals surface area contributed by atoms with Crippen LogP contribution in [-0.4, -0.2) is 54.4 Å². The van der Waals surface area contributed by atoms with Crippen LogP contribution in [-0.2, 0) is 15.1 Å². The van der Waals surface area contributed by atoms with Crippen LogP contribution in [0.15, 0.2) is 59.3 Å². The fourth-order valence-corrected chi connectivity index (χ4v) is 7.02. The predicted octanol–water partition coefficient (Wildman–Crippen LogP) is 4.81. The van der Waals surface area contributed by atoms with Crippen LogP contribution in [0.4, 0.5) is 4.39 Å². The van der Waals surface area contributed by atoms with Gasteiger partial charge in [0, 0.05) is 25.2 Å². The fourth-order valence-electron chi connectivity index (χ4n) is 5.30. The molecule has 0 amide bonds. The standard InChI is InChI=1S/C26H29FNO4S2/c27-20-6-8-21(9-7-20)31-15-3-12-28-13-10-19(11-14-28)22(18-28)32-25(29)26(30,23-4-1-16-33-23)24-5-2-17-34-24/h1-2,4-9,16-17,19,22,30H,3,10-15,18H2/q+1. The van der Waals surface area contributed by atoms with Crippen LogP contribution in [0.2, 0.25) is 0 Å². The van der Waals surface area contributed by atoms with Crippen molar-refractivity contribution in [1.82, 2.24) is 0 Å². The minimum absolute atomic E-state index is 0.195. The molecule has 1 N–H and O–H groups in total. The van der Waals surface area contributed by atoms with Gasteiger partial charge in [0.05, 0.1) is 36.0 Å². The molecule has 0 saturated carbocycles. The molecular weight excluding hydrogens is 473 g/mol. The van der Waals surface area contributed by atoms with Crippen LogP contribution in [0.25, 0.3) is 0 Å². The van der Waals surface area contributed by atoms with Gasteiger partial charge in [-0.25, -0.2) is 9.18 Å². The number of nitrogens with zero attached hydrogens (tertiary/aromatic N) is 1. The number of rotatable bonds is 9. The van der Waals surface area contributed by atoms with E-state index in [1.54, 1.807) is 24.3 Å². The van der Waals surface area contributed by atoms with Gasteiger partial charge in [-0.15, -0.1) is 22.7 Å². The lowest BCUT2D eigenvalue weighted by Gasteiger charge is -2.52. The Morgan fingerprint density at radius 1 is 1.06 bits per heavy atom. The molecule has 34 heavy (non-hydrogen) atoms. The number of carbonyl (C=O) groups excluding carboxylic acids is 1. The van der Waals surface area contributed by atoms with E-state index in [1.807, 2.05) is 22.9 Å². The van der Waals surface area contributed by atoms with Gasteiger partial charge in [0.1, 0.15) is 18.1 Å². The molecule has 5 nitrogen and oxygen atoms in total. The van der Waals surface area contributed by atoms with E-state index >= 15 is 0 Å². The van der Waals surface area contributed by atoms with Crippen molar-refractivity contribution in [2.24, 2.45) is 5.92 Å². The first kappa shape index (κ1) is 23.5. The lowest BCUT2D eigenvalue weighted by molar-refractivity contribution is -0.946. The van der Waals surface area contributed by atoms with Gasteiger partial charge in [0.15, 0.2) is 6.10 Å². The number of ether oxygens (including phenoxy) is 2. The van der Waals surface area contributed by atoms with Gasteiger partial charge in [0.25, 0.3) is 0 Å². The highest BCUT2D eigenvalue weighted by Gasteiger charge is 2.51. The van der Waals surface area contributed by atoms with E-state index in [2.05, 4.69) is 0 Å². The molecule has 3 saturated heterocycles. The summed E-state index contributed by atoms with van der Waals surface area (Å²) in [7, 11) is 0. The Balaban J connectivity index is 1.22. The maximum absolute atomic E-state index is 13.4. The van der Waals surface area contributed by atoms with Crippen LogP contribution in [0.3, 0.4) is 0 Å². The third-order valence-electron chi connectivity index (χ3n) is 7.21. The summed E-state index contributed by atoms with van der Waals surface area (Å²) in [6.45, 7) is 4.45. The summed E-state index contributed by atoms with van der Waals surface area (Å²) in [6.07, 6.45) is 2.72. The topological polar surface area (TPSA) is 55.8 Å². The molecule has 1 aromatic carbocycles. The molecule has 0 spiro atoms. The molecule has 5 heterocycles. The second kappa shape index (κ2) is 9.77. The quantitative estimate of drug-likeness (QED) is 0.259. The number of esters is 1. The van der Waals surface area contributed by atoms with E-state index in [0.717, 1.165) is 49.9 Å². The minimum atomic E-state index is -1.76. The molecule has 3 fully saturated rings. The van der Waals surface area contributed by atoms with E-state index in [1.165, 1.54) is 34.8 Å². The van der Waals surface area contributed by atoms with Crippen molar-refractivity contribution < 1.29 is 28.2 Å². The SMILES string of the molecule is O=C(OC1C[N+]2(CCCOc3ccc(F)cc3)CCC1CC2)C(O)(c1cccs1)c1cccs1. The Labute approximate surface area is 207 Å². The monoisotopic (exact) mass is 502 g/mol. The van der Waals surface area contributed by atoms with Gasteiger partial charge in [-0.2, -0.15) is 0 Å². The Morgan fingerprint density at radius 3 is 2.29 bits per heavy atom. The predicted molar refractivity (Wildman–Crippen MR) is 130 cm³/mol. The number of hydrogen-bond acceptors (Lipinski definition) is 6. The second-order valence-electron chi connectivity index (χ2n) is 9.30. The first-order valence-electron chi connectivity index (χ1n) is 11.7. The average molecular weight is 503 g/mol. The number of fused-ring (bicyclic) bond motifs is 3. The summed E-state index contributed by atoms with van der Waals surface area (Å²) >= 11 is 2.73. The van der Waals surface area contributed by atoms with Crippen molar-refractivity contribution >= 4 is 28.6 Å². The third kappa shape index (κ3) is 4.64. The molecule has 3 aromatic rings. The zero-order valence-electron chi connectivity index (χ0n) is 18.9. The van der Waals surface area contributed by atoms with Crippen molar-refractivity contribution in [3.05, 3.63) is 74.9 Å². The Hall–Kier alpha value is -2.26. The van der Waals surface area contributed by atoms with Crippen LogP contribution in [0.1, 0.15) is 29.0 Å². The summed E-state index contributed by atoms with van der Waals surface area (Å²) in [5.41, 5.74) is -1.76. The molecule has 2 bridgehead atoms. The van der Waals surface area contributed by atoms with Gasteiger partial charge in [-0.1, -0.05) is 12.1 Å². The molecule has 8 heteroatoms. The Bertz CT molecular complexity index is 1040. The molecule has 6 rings (SSSR count). The van der Waals surface area contributed by atoms with Crippen molar-refractivity contribution in [1.29, 1.82) is 0 Å². The molecule has 1 unspecified atom stereocenters. The van der Waals surface area contributed by atoms with Crippen molar-refractivity contribution in [2.75, 3.05) is 32.8 Å². The number of halogens is 1. The van der Waals surface area contributed by atoms with Crippen LogP contribution in [0.5, 0.6) is 5.75 Å². The fraction of sp³-hybridized carbons (Fsp3) is 0.423. The first-order valence-corrected chi connectivity index (χ1v) is 13.5. The van der Waals surface area contributed by atoms with Gasteiger partial charge in [-0.05, 0) is 47.2 Å². The van der Waals surface area contributed by atoms with E-state index in [4.69, 9.17) is 9.47 Å². The van der Waals surface area contributed by atoms with Crippen LogP contribution >= 0.6 is 22.7 Å². The summed E-state index contributed by atoms with van der Waals surface area (Å²) in [4.78, 5) is 14.6. The van der Waals surface area contributed by atoms with E-state index < -0.39 is 11.6 Å². The molecule has 0 aliphatic carbocycles. The largest absolute Gasteiger partial charge is 0.493 e. The van der Waals surface area contributed by atoms with E-state index in [0.29, 0.717) is 28.0 Å². The summed E-state index contributed by atoms with van der Waals surface area (Å²) < 4.78 is 25.9. The molecule has 0 radical (unpaired) electrons. The molecule has 3 aliphatic heterocycles. The Kier molecular flexibility index (Phi) is 6.75. The lowest BCUT2D eigenvalue weighted by atomic mass is 9.83. The Morgan fingerprint density at radius 2 is 1.71 bits per heavy atom. The van der Waals surface area contributed by atoms with Crippen LogP contribution < -0.4 is 4.74 Å². The maximum Gasteiger partial charge on any atom is 0.349 e. The first-order chi connectivity index (χ1) is 16.5. The number of hydrogen-bond donors (Lipinski definition) is 1. The van der Waals surface area contributed by atoms with E-state index in [9.17, 15) is 14.3 Å². The summed E-state index contributed by atoms with van der Waals surface area (Å²) in [5, 5.41) is 15.3. The number of thiophene rings is 2. The molecule has 3 aliphatic rings. The molecule has 1 atom stereocenters. The molecule has 180 valence electrons. The van der Waals surface area contributed by atoms with Crippen LogP contribution in [0, 0.1) is 11.7 Å². The number of piperidine rings is 3. The highest BCUT2D eigenvalue weighted by atomic mass is 32.1. The summed E-state index contributed by atoms with van der Waals surface area (Å²) in [5.74, 6) is 0.170. The van der Waals surface area contributed by atoms with Crippen molar-refractivity contribution in [3.63, 3.8) is 0 Å². The minimum Gasteiger partial charge on any atom is -0.493 e. The number of benzene rings is 1. The van der Waals surface area contributed by atoms with Crippen molar-refractivity contribution in [3.8, 4) is 5.75 Å². The molecular formula is C26H29FNO4S2+. The van der Waals surface area contributed by atoms with Gasteiger partial charge in [-0.3, -0.25) is 0 Å². The van der Waals surface area contributed by atoms with Gasteiger partial charge >= 0.3 is 5.97 Å². The van der Waals surface area contributed by atoms with Crippen molar-refractivity contribution in [2.45, 2.75) is 31.0 Å². The summed E-state index contributed by atoms with van der Waals surface area (Å²) in [6, 6.07) is 13.4. The number of quaternary nitrogens is 1. The van der Waals surface area contributed by atoms with Gasteiger partial charge < -0.3 is 19.1 Å². The second-order valence-corrected chi connectivity index (χ2v) is 11.2. The zero-order valence-corrected chi connectivity index (χ0v) is 20.5. The third-order valence-corrected chi connectivity index (χ3v) is 9.17. The highest BCUT2D eigenvalue weighted by molar-refractivity contribution is 7.12. The van der Waals surface area contributed by atoms with E-state index in [-0.39, 0.29) is 11.9 Å². The number of aliphatic hydroxyl groups is 1. The normalized spacial score (nSPS) is 24.2. The number of carbonyl (C=O) groups is 1. The average Bonchev–Trinajstić information content (AvgIpc) is 3.58.